The first-order valence-corrected chi connectivity index (χ1v) is 6.46. The normalized spacial score (nSPS) is 8.00. The molecule has 1 aromatic carbocycles. The molecule has 1 aromatic rings. The minimum atomic E-state index is -1.08. The Morgan fingerprint density at radius 2 is 1.62 bits per heavy atom. The Hall–Kier alpha value is -2.38. The van der Waals surface area contributed by atoms with Crippen molar-refractivity contribution < 1.29 is 46.3 Å². The first-order chi connectivity index (χ1) is 10.7. The van der Waals surface area contributed by atoms with Crippen molar-refractivity contribution in [1.82, 2.24) is 0 Å². The molecule has 1 rings (SSSR count). The monoisotopic (exact) mass is 379 g/mol. The van der Waals surface area contributed by atoms with E-state index in [4.69, 9.17) is 40.1 Å². The molecule has 8 nitrogen and oxygen atoms in total. The molecule has 0 bridgehead atoms. The van der Waals surface area contributed by atoms with Crippen LogP contribution in [0.5, 0.6) is 11.5 Å². The van der Waals surface area contributed by atoms with Crippen LogP contribution in [0.1, 0.15) is 31.9 Å². The van der Waals surface area contributed by atoms with Crippen molar-refractivity contribution >= 4 is 24.6 Å². The van der Waals surface area contributed by atoms with E-state index in [1.807, 2.05) is 13.0 Å². The predicted octanol–water partition coefficient (Wildman–Crippen LogP) is -0.249. The van der Waals surface area contributed by atoms with Crippen LogP contribution in [0.15, 0.2) is 12.1 Å². The van der Waals surface area contributed by atoms with Crippen LogP contribution in [0.25, 0.3) is 0 Å². The average Bonchev–Trinajstić information content (AvgIpc) is 2.45. The van der Waals surface area contributed by atoms with Crippen molar-refractivity contribution in [2.45, 2.75) is 27.2 Å². The van der Waals surface area contributed by atoms with Crippen molar-refractivity contribution in [3.63, 3.8) is 0 Å². The van der Waals surface area contributed by atoms with Gasteiger partial charge in [0, 0.05) is 23.7 Å². The van der Waals surface area contributed by atoms with Crippen LogP contribution < -0.4 is 19.7 Å². The number of methoxy groups -OCH3 is 1. The van der Waals surface area contributed by atoms with Gasteiger partial charge in [-0.05, 0) is 31.9 Å². The number of carboxylic acids is 2. The number of aliphatic carboxylic acids is 2. The fraction of sp³-hybridized carbons (Fsp3) is 0.333. The van der Waals surface area contributed by atoms with Crippen LogP contribution in [0.4, 0.5) is 0 Å². The van der Waals surface area contributed by atoms with Crippen molar-refractivity contribution in [2.75, 3.05) is 7.11 Å². The number of carboxylic acid groups (broad SMARTS) is 2. The number of benzene rings is 1. The fourth-order valence-corrected chi connectivity index (χ4v) is 1.43. The Morgan fingerprint density at radius 1 is 1.17 bits per heavy atom. The SMILES string of the molecule is CC(=O)[O-].CC(=O)[O-].CCc1ccc(OC)c(OC=N)c1C=N.[Mn+2]. The van der Waals surface area contributed by atoms with E-state index < -0.39 is 11.9 Å². The number of carbonyl (C=O) groups excluding carboxylic acids is 2. The van der Waals surface area contributed by atoms with Crippen LogP contribution in [-0.4, -0.2) is 31.7 Å². The first-order valence-electron chi connectivity index (χ1n) is 6.46. The number of carbonyl (C=O) groups is 2. The molecule has 0 aliphatic carbocycles. The maximum Gasteiger partial charge on any atom is 2.00 e. The molecule has 24 heavy (non-hydrogen) atoms. The number of hydrogen-bond acceptors (Lipinski definition) is 8. The number of ether oxygens (including phenoxy) is 2. The summed E-state index contributed by atoms with van der Waals surface area (Å²) in [6.45, 7) is 3.95. The van der Waals surface area contributed by atoms with Gasteiger partial charge in [0.1, 0.15) is 0 Å². The van der Waals surface area contributed by atoms with E-state index in [1.165, 1.54) is 13.3 Å². The predicted molar refractivity (Wildman–Crippen MR) is 81.0 cm³/mol. The second kappa shape index (κ2) is 15.5. The Kier molecular flexibility index (Phi) is 17.1. The van der Waals surface area contributed by atoms with Crippen molar-refractivity contribution in [1.29, 1.82) is 10.8 Å². The van der Waals surface area contributed by atoms with Gasteiger partial charge in [0.15, 0.2) is 17.9 Å². The summed E-state index contributed by atoms with van der Waals surface area (Å²) < 4.78 is 10.2. The minimum Gasteiger partial charge on any atom is -0.550 e. The summed E-state index contributed by atoms with van der Waals surface area (Å²) in [5.41, 5.74) is 1.67. The summed E-state index contributed by atoms with van der Waals surface area (Å²) in [6.07, 6.45) is 2.87. The molecule has 0 heterocycles. The van der Waals surface area contributed by atoms with Crippen LogP contribution in [0.2, 0.25) is 0 Å². The molecule has 0 aliphatic rings. The van der Waals surface area contributed by atoms with Crippen molar-refractivity contribution in [3.8, 4) is 11.5 Å². The molecule has 0 amide bonds. The number of hydrogen-bond donors (Lipinski definition) is 2. The maximum atomic E-state index is 8.89. The van der Waals surface area contributed by atoms with Gasteiger partial charge in [0.2, 0.25) is 0 Å². The van der Waals surface area contributed by atoms with E-state index in [2.05, 4.69) is 0 Å². The number of aryl methyl sites for hydroxylation is 1. The second-order valence-electron chi connectivity index (χ2n) is 3.89. The van der Waals surface area contributed by atoms with Gasteiger partial charge in [-0.3, -0.25) is 5.41 Å². The summed E-state index contributed by atoms with van der Waals surface area (Å²) >= 11 is 0. The molecule has 133 valence electrons. The third-order valence-electron chi connectivity index (χ3n) is 2.17. The summed E-state index contributed by atoms with van der Waals surface area (Å²) in [6, 6.07) is 3.68. The Balaban J connectivity index is -0.000000413. The summed E-state index contributed by atoms with van der Waals surface area (Å²) in [5, 5.41) is 32.1. The van der Waals surface area contributed by atoms with Crippen molar-refractivity contribution in [3.05, 3.63) is 23.3 Å². The van der Waals surface area contributed by atoms with E-state index in [-0.39, 0.29) is 17.1 Å². The standard InChI is InChI=1S/C11H14N2O2.2C2H4O2.Mn/c1-3-8-4-5-10(14-2)11(15-7-13)9(8)6-12;2*1-2(3)4;/h4-7,12-13H,3H2,1-2H3;2*1H3,(H,3,4);/q;;;+2/p-2. The van der Waals surface area contributed by atoms with Crippen LogP contribution >= 0.6 is 0 Å². The Bertz CT molecular complexity index is 529. The Labute approximate surface area is 151 Å². The molecule has 0 saturated carbocycles. The zero-order valence-electron chi connectivity index (χ0n) is 13.8. The Morgan fingerprint density at radius 3 is 1.92 bits per heavy atom. The molecule has 0 aromatic heterocycles. The van der Waals surface area contributed by atoms with Gasteiger partial charge >= 0.3 is 17.1 Å². The van der Waals surface area contributed by atoms with E-state index in [9.17, 15) is 0 Å². The number of rotatable bonds is 5. The molecule has 0 aliphatic heterocycles. The molecule has 0 fully saturated rings. The van der Waals surface area contributed by atoms with E-state index in [0.717, 1.165) is 32.2 Å². The second-order valence-corrected chi connectivity index (χ2v) is 3.89. The number of nitrogens with one attached hydrogen (secondary N) is 2. The summed E-state index contributed by atoms with van der Waals surface area (Å²) in [7, 11) is 1.53. The minimum absolute atomic E-state index is 0. The van der Waals surface area contributed by atoms with E-state index >= 15 is 0 Å². The van der Waals surface area contributed by atoms with Gasteiger partial charge in [0.25, 0.3) is 0 Å². The topological polar surface area (TPSA) is 146 Å². The van der Waals surface area contributed by atoms with E-state index in [1.54, 1.807) is 6.07 Å². The smallest absolute Gasteiger partial charge is 0.550 e. The van der Waals surface area contributed by atoms with Crippen LogP contribution in [0.3, 0.4) is 0 Å². The van der Waals surface area contributed by atoms with E-state index in [0.29, 0.717) is 17.1 Å². The zero-order valence-corrected chi connectivity index (χ0v) is 15.0. The molecule has 1 radical (unpaired) electrons. The summed E-state index contributed by atoms with van der Waals surface area (Å²) in [5.74, 6) is -1.20. The van der Waals surface area contributed by atoms with Gasteiger partial charge < -0.3 is 34.7 Å². The quantitative estimate of drug-likeness (QED) is 0.410. The maximum absolute atomic E-state index is 8.89. The molecule has 0 saturated heterocycles. The molecule has 9 heteroatoms. The zero-order chi connectivity index (χ0) is 18.4. The van der Waals surface area contributed by atoms with Crippen molar-refractivity contribution in [2.24, 2.45) is 0 Å². The molecular formula is C15H20MnN2O6. The van der Waals surface area contributed by atoms with Crippen LogP contribution in [-0.2, 0) is 33.1 Å². The average molecular weight is 379 g/mol. The first kappa shape index (κ1) is 26.5. The largest absolute Gasteiger partial charge is 2.00 e. The summed E-state index contributed by atoms with van der Waals surface area (Å²) in [4.78, 5) is 17.8. The molecule has 0 spiro atoms. The van der Waals surface area contributed by atoms with Gasteiger partial charge in [0.05, 0.1) is 7.11 Å². The van der Waals surface area contributed by atoms with Gasteiger partial charge in [-0.1, -0.05) is 13.0 Å². The molecule has 0 atom stereocenters. The molecule has 0 unspecified atom stereocenters. The van der Waals surface area contributed by atoms with Gasteiger partial charge in [-0.15, -0.1) is 0 Å². The van der Waals surface area contributed by atoms with Gasteiger partial charge in [-0.25, -0.2) is 0 Å². The fourth-order valence-electron chi connectivity index (χ4n) is 1.43. The molecular weight excluding hydrogens is 359 g/mol. The third-order valence-corrected chi connectivity index (χ3v) is 2.17. The van der Waals surface area contributed by atoms with Crippen LogP contribution in [0, 0.1) is 10.8 Å². The van der Waals surface area contributed by atoms with Gasteiger partial charge in [-0.2, -0.15) is 0 Å². The molecule has 2 N–H and O–H groups in total. The third kappa shape index (κ3) is 12.2.